The first-order valence-electron chi connectivity index (χ1n) is 5.18. The molecule has 0 spiro atoms. The number of hydrogen-bond acceptors (Lipinski definition) is 4. The molecule has 0 aliphatic carbocycles. The van der Waals surface area contributed by atoms with E-state index in [4.69, 9.17) is 0 Å². The Kier molecular flexibility index (Phi) is 6.33. The highest BCUT2D eigenvalue weighted by molar-refractivity contribution is 7.13. The molecule has 0 bridgehead atoms. The van der Waals surface area contributed by atoms with Crippen molar-refractivity contribution in [3.63, 3.8) is 0 Å². The summed E-state index contributed by atoms with van der Waals surface area (Å²) < 4.78 is 5.30. The molecule has 3 nitrogen and oxygen atoms in total. The fourth-order valence-corrected chi connectivity index (χ4v) is 2.06. The lowest BCUT2D eigenvalue weighted by Crippen LogP contribution is -2.39. The normalized spacial score (nSPS) is 14.8. The SMILES string of the molecule is C1CNCCN1.Cl.c1ccc2sncc2c1. The van der Waals surface area contributed by atoms with Crippen LogP contribution in [0.2, 0.25) is 0 Å². The van der Waals surface area contributed by atoms with Crippen molar-refractivity contribution in [3.8, 4) is 0 Å². The number of benzene rings is 1. The van der Waals surface area contributed by atoms with Crippen molar-refractivity contribution in [1.82, 2.24) is 15.0 Å². The monoisotopic (exact) mass is 257 g/mol. The van der Waals surface area contributed by atoms with Gasteiger partial charge in [0, 0.05) is 37.8 Å². The van der Waals surface area contributed by atoms with Crippen LogP contribution >= 0.6 is 23.9 Å². The molecule has 1 aromatic heterocycles. The van der Waals surface area contributed by atoms with Crippen molar-refractivity contribution in [1.29, 1.82) is 0 Å². The molecule has 2 aromatic rings. The van der Waals surface area contributed by atoms with Crippen LogP contribution in [0.4, 0.5) is 0 Å². The lowest BCUT2D eigenvalue weighted by molar-refractivity contribution is 0.534. The minimum absolute atomic E-state index is 0. The van der Waals surface area contributed by atoms with Crippen LogP contribution in [0.25, 0.3) is 10.1 Å². The minimum atomic E-state index is 0. The summed E-state index contributed by atoms with van der Waals surface area (Å²) in [5, 5.41) is 7.68. The van der Waals surface area contributed by atoms with Crippen LogP contribution in [-0.2, 0) is 0 Å². The average molecular weight is 258 g/mol. The van der Waals surface area contributed by atoms with Gasteiger partial charge in [-0.25, -0.2) is 0 Å². The topological polar surface area (TPSA) is 37.0 Å². The molecule has 0 atom stereocenters. The molecule has 1 aliphatic rings. The van der Waals surface area contributed by atoms with Crippen LogP contribution in [-0.4, -0.2) is 30.6 Å². The van der Waals surface area contributed by atoms with Crippen LogP contribution < -0.4 is 10.6 Å². The van der Waals surface area contributed by atoms with Crippen LogP contribution in [0.15, 0.2) is 30.5 Å². The van der Waals surface area contributed by atoms with Gasteiger partial charge in [-0.3, -0.25) is 0 Å². The zero-order valence-electron chi connectivity index (χ0n) is 8.98. The van der Waals surface area contributed by atoms with E-state index in [-0.39, 0.29) is 12.4 Å². The van der Waals surface area contributed by atoms with E-state index < -0.39 is 0 Å². The quantitative estimate of drug-likeness (QED) is 0.757. The van der Waals surface area contributed by atoms with E-state index in [0.717, 1.165) is 26.2 Å². The number of hydrogen-bond donors (Lipinski definition) is 2. The van der Waals surface area contributed by atoms with Gasteiger partial charge in [-0.1, -0.05) is 18.2 Å². The molecule has 0 amide bonds. The fraction of sp³-hybridized carbons (Fsp3) is 0.364. The van der Waals surface area contributed by atoms with E-state index in [0.29, 0.717) is 0 Å². The molecule has 2 heterocycles. The average Bonchev–Trinajstić information content (AvgIpc) is 2.80. The second-order valence-electron chi connectivity index (χ2n) is 3.36. The lowest BCUT2D eigenvalue weighted by Gasteiger charge is -2.11. The molecule has 1 fully saturated rings. The van der Waals surface area contributed by atoms with E-state index in [2.05, 4.69) is 27.1 Å². The van der Waals surface area contributed by atoms with Gasteiger partial charge in [0.1, 0.15) is 0 Å². The van der Waals surface area contributed by atoms with Gasteiger partial charge in [0.2, 0.25) is 0 Å². The van der Waals surface area contributed by atoms with E-state index in [1.54, 1.807) is 0 Å². The highest BCUT2D eigenvalue weighted by Gasteiger charge is 1.91. The summed E-state index contributed by atoms with van der Waals surface area (Å²) in [5.41, 5.74) is 0. The van der Waals surface area contributed by atoms with Crippen molar-refractivity contribution >= 4 is 34.0 Å². The Bertz CT molecular complexity index is 359. The van der Waals surface area contributed by atoms with Gasteiger partial charge in [-0.15, -0.1) is 12.4 Å². The Morgan fingerprint density at radius 1 is 1.00 bits per heavy atom. The number of rotatable bonds is 0. The molecule has 16 heavy (non-hydrogen) atoms. The molecule has 0 saturated carbocycles. The number of fused-ring (bicyclic) bond motifs is 1. The molecule has 0 radical (unpaired) electrons. The maximum absolute atomic E-state index is 4.04. The van der Waals surface area contributed by atoms with Crippen molar-refractivity contribution in [3.05, 3.63) is 30.5 Å². The van der Waals surface area contributed by atoms with Gasteiger partial charge in [-0.2, -0.15) is 4.37 Å². The van der Waals surface area contributed by atoms with Crippen molar-refractivity contribution in [2.75, 3.05) is 26.2 Å². The second kappa shape index (κ2) is 7.57. The molecule has 2 N–H and O–H groups in total. The highest BCUT2D eigenvalue weighted by atomic mass is 35.5. The number of nitrogens with one attached hydrogen (secondary N) is 2. The Labute approximate surface area is 106 Å². The molecular weight excluding hydrogens is 242 g/mol. The third-order valence-corrected chi connectivity index (χ3v) is 3.00. The predicted molar refractivity (Wildman–Crippen MR) is 72.6 cm³/mol. The first-order valence-corrected chi connectivity index (χ1v) is 5.95. The largest absolute Gasteiger partial charge is 0.314 e. The van der Waals surface area contributed by atoms with Gasteiger partial charge < -0.3 is 10.6 Å². The van der Waals surface area contributed by atoms with E-state index in [1.807, 2.05) is 18.3 Å². The van der Waals surface area contributed by atoms with Crippen LogP contribution in [0.3, 0.4) is 0 Å². The highest BCUT2D eigenvalue weighted by Crippen LogP contribution is 2.15. The zero-order chi connectivity index (χ0) is 10.3. The first-order chi connectivity index (χ1) is 7.47. The first kappa shape index (κ1) is 13.4. The lowest BCUT2D eigenvalue weighted by atomic mass is 10.3. The third-order valence-electron chi connectivity index (χ3n) is 2.22. The molecule has 0 unspecified atom stereocenters. The van der Waals surface area contributed by atoms with Crippen molar-refractivity contribution in [2.24, 2.45) is 0 Å². The maximum Gasteiger partial charge on any atom is 0.0549 e. The Balaban J connectivity index is 0.000000162. The molecule has 88 valence electrons. The molecule has 1 aliphatic heterocycles. The number of halogens is 1. The Hall–Kier alpha value is -0.680. The number of piperazine rings is 1. The minimum Gasteiger partial charge on any atom is -0.314 e. The smallest absolute Gasteiger partial charge is 0.0549 e. The zero-order valence-corrected chi connectivity index (χ0v) is 10.6. The van der Waals surface area contributed by atoms with Crippen molar-refractivity contribution in [2.45, 2.75) is 0 Å². The van der Waals surface area contributed by atoms with Gasteiger partial charge in [-0.05, 0) is 17.6 Å². The summed E-state index contributed by atoms with van der Waals surface area (Å²) in [4.78, 5) is 0. The molecule has 1 aromatic carbocycles. The van der Waals surface area contributed by atoms with Gasteiger partial charge >= 0.3 is 0 Å². The fourth-order valence-electron chi connectivity index (χ4n) is 1.41. The summed E-state index contributed by atoms with van der Waals surface area (Å²) in [6.07, 6.45) is 1.89. The van der Waals surface area contributed by atoms with Gasteiger partial charge in [0.25, 0.3) is 0 Å². The Morgan fingerprint density at radius 2 is 1.62 bits per heavy atom. The van der Waals surface area contributed by atoms with Crippen LogP contribution in [0.1, 0.15) is 0 Å². The molecule has 3 rings (SSSR count). The van der Waals surface area contributed by atoms with E-state index >= 15 is 0 Å². The molecule has 1 saturated heterocycles. The summed E-state index contributed by atoms with van der Waals surface area (Å²) >= 11 is 1.54. The standard InChI is InChI=1S/C7H5NS.C4H10N2.ClH/c1-2-4-7-6(3-1)5-8-9-7;1-2-6-4-3-5-1;/h1-5H;5-6H,1-4H2;1H. The summed E-state index contributed by atoms with van der Waals surface area (Å²) in [5.74, 6) is 0. The van der Waals surface area contributed by atoms with Gasteiger partial charge in [0.15, 0.2) is 0 Å². The van der Waals surface area contributed by atoms with Crippen molar-refractivity contribution < 1.29 is 0 Å². The van der Waals surface area contributed by atoms with Gasteiger partial charge in [0.05, 0.1) is 4.70 Å². The second-order valence-corrected chi connectivity index (χ2v) is 4.20. The predicted octanol–water partition coefficient (Wildman–Crippen LogP) is 1.90. The van der Waals surface area contributed by atoms with Crippen LogP contribution in [0.5, 0.6) is 0 Å². The maximum atomic E-state index is 4.04. The Morgan fingerprint density at radius 3 is 2.19 bits per heavy atom. The summed E-state index contributed by atoms with van der Waals surface area (Å²) in [7, 11) is 0. The molecule has 5 heteroatoms. The third kappa shape index (κ3) is 4.06. The summed E-state index contributed by atoms with van der Waals surface area (Å²) in [6.45, 7) is 4.56. The summed E-state index contributed by atoms with van der Waals surface area (Å²) in [6, 6.07) is 8.20. The molecular formula is C11H16ClN3S. The van der Waals surface area contributed by atoms with E-state index in [9.17, 15) is 0 Å². The van der Waals surface area contributed by atoms with Crippen LogP contribution in [0, 0.1) is 0 Å². The number of nitrogens with zero attached hydrogens (tertiary/aromatic N) is 1. The van der Waals surface area contributed by atoms with E-state index in [1.165, 1.54) is 21.6 Å². The number of aromatic nitrogens is 1.